The molecule has 0 spiro atoms. The number of pyridine rings is 1. The average Bonchev–Trinajstić information content (AvgIpc) is 2.39. The summed E-state index contributed by atoms with van der Waals surface area (Å²) in [6, 6.07) is 8.75. The van der Waals surface area contributed by atoms with Crippen molar-refractivity contribution < 1.29 is 0 Å². The number of benzene rings is 1. The first-order chi connectivity index (χ1) is 9.15. The summed E-state index contributed by atoms with van der Waals surface area (Å²) >= 11 is 5.86. The molecule has 1 N–H and O–H groups in total. The van der Waals surface area contributed by atoms with Crippen LogP contribution in [0.15, 0.2) is 41.3 Å². The lowest BCUT2D eigenvalue weighted by Crippen LogP contribution is -2.06. The van der Waals surface area contributed by atoms with Gasteiger partial charge in [-0.25, -0.2) is 9.97 Å². The molecule has 0 amide bonds. The number of halogens is 1. The number of aryl methyl sites for hydroxylation is 1. The van der Waals surface area contributed by atoms with Gasteiger partial charge in [-0.3, -0.25) is 4.79 Å². The van der Waals surface area contributed by atoms with Gasteiger partial charge in [-0.1, -0.05) is 11.6 Å². The number of aromatic amines is 1. The molecule has 0 unspecified atom stereocenters. The summed E-state index contributed by atoms with van der Waals surface area (Å²) in [7, 11) is 0. The summed E-state index contributed by atoms with van der Waals surface area (Å²) in [5.74, 6) is 0.573. The predicted octanol–water partition coefficient (Wildman–Crippen LogP) is 2.95. The van der Waals surface area contributed by atoms with Gasteiger partial charge >= 0.3 is 0 Å². The fourth-order valence-electron chi connectivity index (χ4n) is 1.98. The zero-order valence-electron chi connectivity index (χ0n) is 10.1. The summed E-state index contributed by atoms with van der Waals surface area (Å²) in [5, 5.41) is 1.19. The SMILES string of the molecule is Cc1nc(-c2ccc(Cl)cc2)nc2[nH]ccc(=O)c12. The van der Waals surface area contributed by atoms with Crippen molar-refractivity contribution in [3.05, 3.63) is 57.5 Å². The number of nitrogens with one attached hydrogen (secondary N) is 1. The monoisotopic (exact) mass is 271 g/mol. The summed E-state index contributed by atoms with van der Waals surface area (Å²) in [6.07, 6.45) is 1.59. The van der Waals surface area contributed by atoms with E-state index in [2.05, 4.69) is 15.0 Å². The molecule has 5 heteroatoms. The van der Waals surface area contributed by atoms with Crippen molar-refractivity contribution in [3.63, 3.8) is 0 Å². The molecule has 0 radical (unpaired) electrons. The van der Waals surface area contributed by atoms with Crippen molar-refractivity contribution in [2.45, 2.75) is 6.92 Å². The Kier molecular flexibility index (Phi) is 2.80. The van der Waals surface area contributed by atoms with E-state index in [9.17, 15) is 4.79 Å². The standard InChI is InChI=1S/C14H10ClN3O/c1-8-12-11(19)6-7-16-14(12)18-13(17-8)9-2-4-10(15)5-3-9/h2-7H,1H3,(H,16,17,18,19). The molecule has 1 aromatic carbocycles. The average molecular weight is 272 g/mol. The fraction of sp³-hybridized carbons (Fsp3) is 0.0714. The minimum absolute atomic E-state index is 0.0751. The third-order valence-electron chi connectivity index (χ3n) is 2.89. The highest BCUT2D eigenvalue weighted by atomic mass is 35.5. The van der Waals surface area contributed by atoms with Gasteiger partial charge in [-0.05, 0) is 31.2 Å². The molecule has 2 heterocycles. The van der Waals surface area contributed by atoms with Crippen LogP contribution in [0.4, 0.5) is 0 Å². The normalized spacial score (nSPS) is 10.8. The van der Waals surface area contributed by atoms with Gasteiger partial charge in [0.2, 0.25) is 0 Å². The highest BCUT2D eigenvalue weighted by Gasteiger charge is 2.09. The van der Waals surface area contributed by atoms with Gasteiger partial charge in [0.25, 0.3) is 0 Å². The zero-order chi connectivity index (χ0) is 13.4. The van der Waals surface area contributed by atoms with Gasteiger partial charge in [-0.2, -0.15) is 0 Å². The van der Waals surface area contributed by atoms with Crippen molar-refractivity contribution >= 4 is 22.6 Å². The molecule has 0 fully saturated rings. The van der Waals surface area contributed by atoms with Crippen molar-refractivity contribution in [2.75, 3.05) is 0 Å². The van der Waals surface area contributed by atoms with Crippen LogP contribution in [0.5, 0.6) is 0 Å². The highest BCUT2D eigenvalue weighted by Crippen LogP contribution is 2.20. The number of H-pyrrole nitrogens is 1. The number of hydrogen-bond donors (Lipinski definition) is 1. The van der Waals surface area contributed by atoms with E-state index < -0.39 is 0 Å². The van der Waals surface area contributed by atoms with E-state index in [0.717, 1.165) is 5.56 Å². The molecule has 19 heavy (non-hydrogen) atoms. The smallest absolute Gasteiger partial charge is 0.192 e. The van der Waals surface area contributed by atoms with Crippen molar-refractivity contribution in [2.24, 2.45) is 0 Å². The first kappa shape index (κ1) is 11.9. The first-order valence-electron chi connectivity index (χ1n) is 5.77. The van der Waals surface area contributed by atoms with Crippen LogP contribution in [0.3, 0.4) is 0 Å². The second-order valence-electron chi connectivity index (χ2n) is 4.21. The van der Waals surface area contributed by atoms with Crippen molar-refractivity contribution in [1.82, 2.24) is 15.0 Å². The Hall–Kier alpha value is -2.20. The quantitative estimate of drug-likeness (QED) is 0.740. The van der Waals surface area contributed by atoms with E-state index in [-0.39, 0.29) is 5.43 Å². The molecular formula is C14H10ClN3O. The van der Waals surface area contributed by atoms with Crippen LogP contribution in [0.1, 0.15) is 5.69 Å². The Balaban J connectivity index is 2.27. The predicted molar refractivity (Wildman–Crippen MR) is 75.3 cm³/mol. The Morgan fingerprint density at radius 3 is 2.58 bits per heavy atom. The molecule has 94 valence electrons. The lowest BCUT2D eigenvalue weighted by molar-refractivity contribution is 1.13. The van der Waals surface area contributed by atoms with E-state index in [1.165, 1.54) is 6.07 Å². The summed E-state index contributed by atoms with van der Waals surface area (Å²) in [5.41, 5.74) is 2.00. The van der Waals surface area contributed by atoms with E-state index in [4.69, 9.17) is 11.6 Å². The van der Waals surface area contributed by atoms with Crippen LogP contribution < -0.4 is 5.43 Å². The molecule has 0 aliphatic carbocycles. The van der Waals surface area contributed by atoms with Gasteiger partial charge in [-0.15, -0.1) is 0 Å². The molecule has 0 atom stereocenters. The van der Waals surface area contributed by atoms with E-state index in [1.807, 2.05) is 12.1 Å². The number of fused-ring (bicyclic) bond motifs is 1. The Bertz CT molecular complexity index is 809. The molecule has 3 aromatic rings. The maximum Gasteiger partial charge on any atom is 0.192 e. The van der Waals surface area contributed by atoms with Crippen LogP contribution in [0.25, 0.3) is 22.4 Å². The van der Waals surface area contributed by atoms with Gasteiger partial charge in [0.05, 0.1) is 11.1 Å². The second kappa shape index (κ2) is 4.48. The number of hydrogen-bond acceptors (Lipinski definition) is 3. The third-order valence-corrected chi connectivity index (χ3v) is 3.15. The molecule has 0 aliphatic rings. The Labute approximate surface area is 114 Å². The van der Waals surface area contributed by atoms with Gasteiger partial charge in [0.15, 0.2) is 11.3 Å². The largest absolute Gasteiger partial charge is 0.346 e. The number of aromatic nitrogens is 3. The summed E-state index contributed by atoms with van der Waals surface area (Å²) < 4.78 is 0. The Morgan fingerprint density at radius 2 is 1.84 bits per heavy atom. The summed E-state index contributed by atoms with van der Waals surface area (Å²) in [4.78, 5) is 23.5. The van der Waals surface area contributed by atoms with Crippen LogP contribution in [0, 0.1) is 6.92 Å². The van der Waals surface area contributed by atoms with Gasteiger partial charge in [0.1, 0.15) is 5.65 Å². The van der Waals surface area contributed by atoms with Crippen molar-refractivity contribution in [1.29, 1.82) is 0 Å². The van der Waals surface area contributed by atoms with Crippen LogP contribution in [-0.2, 0) is 0 Å². The molecule has 2 aromatic heterocycles. The number of nitrogens with zero attached hydrogens (tertiary/aromatic N) is 2. The summed E-state index contributed by atoms with van der Waals surface area (Å²) in [6.45, 7) is 1.80. The lowest BCUT2D eigenvalue weighted by atomic mass is 10.2. The molecule has 0 bridgehead atoms. The topological polar surface area (TPSA) is 58.6 Å². The highest BCUT2D eigenvalue weighted by molar-refractivity contribution is 6.30. The van der Waals surface area contributed by atoms with Crippen molar-refractivity contribution in [3.8, 4) is 11.4 Å². The van der Waals surface area contributed by atoms with Crippen LogP contribution >= 0.6 is 11.6 Å². The minimum Gasteiger partial charge on any atom is -0.346 e. The van der Waals surface area contributed by atoms with Crippen LogP contribution in [0.2, 0.25) is 5.02 Å². The Morgan fingerprint density at radius 1 is 1.11 bits per heavy atom. The fourth-order valence-corrected chi connectivity index (χ4v) is 2.11. The number of rotatable bonds is 1. The molecule has 0 aliphatic heterocycles. The zero-order valence-corrected chi connectivity index (χ0v) is 10.9. The van der Waals surface area contributed by atoms with Crippen LogP contribution in [-0.4, -0.2) is 15.0 Å². The molecule has 4 nitrogen and oxygen atoms in total. The lowest BCUT2D eigenvalue weighted by Gasteiger charge is -2.05. The molecule has 3 rings (SSSR count). The molecule has 0 saturated carbocycles. The molecule has 0 saturated heterocycles. The maximum atomic E-state index is 11.8. The minimum atomic E-state index is -0.0751. The van der Waals surface area contributed by atoms with Gasteiger partial charge in [0, 0.05) is 22.8 Å². The molecular weight excluding hydrogens is 262 g/mol. The second-order valence-corrected chi connectivity index (χ2v) is 4.64. The third kappa shape index (κ3) is 2.11. The first-order valence-corrected chi connectivity index (χ1v) is 6.15. The van der Waals surface area contributed by atoms with E-state index in [1.54, 1.807) is 25.3 Å². The van der Waals surface area contributed by atoms with E-state index in [0.29, 0.717) is 27.6 Å². The van der Waals surface area contributed by atoms with Gasteiger partial charge < -0.3 is 4.98 Å². The maximum absolute atomic E-state index is 11.8. The van der Waals surface area contributed by atoms with E-state index >= 15 is 0 Å².